The summed E-state index contributed by atoms with van der Waals surface area (Å²) >= 11 is 12.6. The molecule has 0 atom stereocenters. The molecule has 178 valence electrons. The fourth-order valence-electron chi connectivity index (χ4n) is 5.21. The van der Waals surface area contributed by atoms with Crippen molar-refractivity contribution in [1.29, 1.82) is 5.26 Å². The molecule has 2 aliphatic rings. The third kappa shape index (κ3) is 5.54. The maximum Gasteiger partial charge on any atom is 0.256 e. The van der Waals surface area contributed by atoms with Crippen molar-refractivity contribution >= 4 is 29.1 Å². The van der Waals surface area contributed by atoms with Crippen molar-refractivity contribution in [2.24, 2.45) is 5.92 Å². The Bertz CT molecular complexity index is 1260. The molecule has 3 aromatic rings. The van der Waals surface area contributed by atoms with E-state index in [1.165, 1.54) is 11.1 Å². The molecule has 0 bridgehead atoms. The number of piperidine rings is 1. The van der Waals surface area contributed by atoms with Gasteiger partial charge < -0.3 is 4.90 Å². The standard InChI is InChI=1S/C29H27Cl2N3O/c30-26-7-5-23(6-8-26)18-34-19-25-14-24(15-27(31)28(25)29(34)35)13-20-9-11-33(12-10-20)17-22-3-1-21(16-32)2-4-22/h1-8,14-15,20H,9-13,17-19H2. The van der Waals surface area contributed by atoms with Crippen LogP contribution in [0.5, 0.6) is 0 Å². The van der Waals surface area contributed by atoms with Gasteiger partial charge in [-0.3, -0.25) is 9.69 Å². The SMILES string of the molecule is N#Cc1ccc(CN2CCC(Cc3cc(Cl)c4c(c3)CN(Cc3ccc(Cl)cc3)C4=O)CC2)cc1. The topological polar surface area (TPSA) is 47.3 Å². The van der Waals surface area contributed by atoms with Crippen LogP contribution in [-0.4, -0.2) is 28.8 Å². The molecule has 0 N–H and O–H groups in total. The highest BCUT2D eigenvalue weighted by atomic mass is 35.5. The van der Waals surface area contributed by atoms with Crippen molar-refractivity contribution in [2.75, 3.05) is 13.1 Å². The summed E-state index contributed by atoms with van der Waals surface area (Å²) in [5, 5.41) is 10.2. The lowest BCUT2D eigenvalue weighted by atomic mass is 9.89. The molecule has 0 aromatic heterocycles. The van der Waals surface area contributed by atoms with Gasteiger partial charge in [0.1, 0.15) is 0 Å². The van der Waals surface area contributed by atoms with E-state index in [0.717, 1.165) is 50.0 Å². The Labute approximate surface area is 216 Å². The van der Waals surface area contributed by atoms with E-state index in [1.54, 1.807) is 0 Å². The van der Waals surface area contributed by atoms with Gasteiger partial charge >= 0.3 is 0 Å². The van der Waals surface area contributed by atoms with Crippen LogP contribution in [0.3, 0.4) is 0 Å². The van der Waals surface area contributed by atoms with Crippen LogP contribution in [0.2, 0.25) is 10.0 Å². The van der Waals surface area contributed by atoms with Crippen LogP contribution >= 0.6 is 23.2 Å². The molecule has 0 aliphatic carbocycles. The fourth-order valence-corrected chi connectivity index (χ4v) is 5.67. The zero-order chi connectivity index (χ0) is 24.4. The van der Waals surface area contributed by atoms with Gasteiger partial charge in [-0.25, -0.2) is 0 Å². The monoisotopic (exact) mass is 503 g/mol. The molecule has 5 rings (SSSR count). The summed E-state index contributed by atoms with van der Waals surface area (Å²) in [4.78, 5) is 17.3. The molecule has 1 amide bonds. The average molecular weight is 504 g/mol. The number of benzene rings is 3. The maximum absolute atomic E-state index is 13.0. The van der Waals surface area contributed by atoms with E-state index in [4.69, 9.17) is 28.5 Å². The van der Waals surface area contributed by atoms with Crippen molar-refractivity contribution in [1.82, 2.24) is 9.80 Å². The van der Waals surface area contributed by atoms with Gasteiger partial charge in [-0.2, -0.15) is 5.26 Å². The van der Waals surface area contributed by atoms with Crippen LogP contribution in [0.25, 0.3) is 0 Å². The fraction of sp³-hybridized carbons (Fsp3) is 0.310. The Morgan fingerprint density at radius 2 is 1.54 bits per heavy atom. The predicted octanol–water partition coefficient (Wildman–Crippen LogP) is 6.48. The van der Waals surface area contributed by atoms with Gasteiger partial charge in [-0.05, 0) is 90.9 Å². The molecular formula is C29H27Cl2N3O. The van der Waals surface area contributed by atoms with E-state index in [9.17, 15) is 4.79 Å². The minimum atomic E-state index is 0.00242. The van der Waals surface area contributed by atoms with Gasteiger partial charge in [0.05, 0.1) is 22.2 Å². The molecule has 1 fully saturated rings. The summed E-state index contributed by atoms with van der Waals surface area (Å²) in [6, 6.07) is 21.9. The minimum absolute atomic E-state index is 0.00242. The third-order valence-electron chi connectivity index (χ3n) is 7.10. The number of amides is 1. The number of likely N-dealkylation sites (tertiary alicyclic amines) is 1. The van der Waals surface area contributed by atoms with Crippen molar-refractivity contribution in [3.63, 3.8) is 0 Å². The predicted molar refractivity (Wildman–Crippen MR) is 139 cm³/mol. The van der Waals surface area contributed by atoms with Gasteiger partial charge in [-0.15, -0.1) is 0 Å². The Kier molecular flexibility index (Phi) is 7.11. The van der Waals surface area contributed by atoms with E-state index in [0.29, 0.717) is 40.2 Å². The first-order chi connectivity index (χ1) is 17.0. The van der Waals surface area contributed by atoms with Crippen LogP contribution in [0.4, 0.5) is 0 Å². The molecule has 0 spiro atoms. The van der Waals surface area contributed by atoms with Crippen molar-refractivity contribution in [3.05, 3.63) is 104 Å². The molecule has 4 nitrogen and oxygen atoms in total. The second-order valence-electron chi connectivity index (χ2n) is 9.63. The summed E-state index contributed by atoms with van der Waals surface area (Å²) in [7, 11) is 0. The number of carbonyl (C=O) groups excluding carboxylic acids is 1. The van der Waals surface area contributed by atoms with Crippen LogP contribution in [0.1, 0.15) is 51.0 Å². The highest BCUT2D eigenvalue weighted by Crippen LogP contribution is 2.33. The second kappa shape index (κ2) is 10.4. The maximum atomic E-state index is 13.0. The number of carbonyl (C=O) groups is 1. The minimum Gasteiger partial charge on any atom is -0.330 e. The molecule has 35 heavy (non-hydrogen) atoms. The Hall–Kier alpha value is -2.84. The number of nitrogens with zero attached hydrogens (tertiary/aromatic N) is 3. The Morgan fingerprint density at radius 3 is 2.23 bits per heavy atom. The first kappa shape index (κ1) is 23.9. The van der Waals surface area contributed by atoms with Gasteiger partial charge in [-0.1, -0.05) is 53.5 Å². The third-order valence-corrected chi connectivity index (χ3v) is 7.65. The molecule has 3 aromatic carbocycles. The largest absolute Gasteiger partial charge is 0.330 e. The normalized spacial score (nSPS) is 16.4. The number of hydrogen-bond acceptors (Lipinski definition) is 3. The van der Waals surface area contributed by atoms with Gasteiger partial charge in [0.25, 0.3) is 5.91 Å². The Morgan fingerprint density at radius 1 is 0.886 bits per heavy atom. The summed E-state index contributed by atoms with van der Waals surface area (Å²) in [5.74, 6) is 0.617. The molecular weight excluding hydrogens is 477 g/mol. The van der Waals surface area contributed by atoms with Crippen LogP contribution in [0, 0.1) is 17.2 Å². The van der Waals surface area contributed by atoms with E-state index >= 15 is 0 Å². The first-order valence-electron chi connectivity index (χ1n) is 12.0. The summed E-state index contributed by atoms with van der Waals surface area (Å²) in [6.45, 7) is 4.20. The zero-order valence-electron chi connectivity index (χ0n) is 19.5. The second-order valence-corrected chi connectivity index (χ2v) is 10.5. The molecule has 6 heteroatoms. The number of nitriles is 1. The highest BCUT2D eigenvalue weighted by Gasteiger charge is 2.30. The van der Waals surface area contributed by atoms with Crippen molar-refractivity contribution < 1.29 is 4.79 Å². The molecule has 0 radical (unpaired) electrons. The van der Waals surface area contributed by atoms with E-state index in [-0.39, 0.29) is 5.91 Å². The number of hydrogen-bond donors (Lipinski definition) is 0. The van der Waals surface area contributed by atoms with Crippen LogP contribution in [-0.2, 0) is 26.1 Å². The Balaban J connectivity index is 1.18. The lowest BCUT2D eigenvalue weighted by Gasteiger charge is -2.32. The zero-order valence-corrected chi connectivity index (χ0v) is 21.0. The molecule has 2 heterocycles. The average Bonchev–Trinajstić information content (AvgIpc) is 3.17. The number of fused-ring (bicyclic) bond motifs is 1. The van der Waals surface area contributed by atoms with Gasteiger partial charge in [0, 0.05) is 24.7 Å². The van der Waals surface area contributed by atoms with Crippen molar-refractivity contribution in [2.45, 2.75) is 38.9 Å². The highest BCUT2D eigenvalue weighted by molar-refractivity contribution is 6.34. The number of halogens is 2. The first-order valence-corrected chi connectivity index (χ1v) is 12.8. The summed E-state index contributed by atoms with van der Waals surface area (Å²) in [6.07, 6.45) is 3.28. The summed E-state index contributed by atoms with van der Waals surface area (Å²) in [5.41, 5.74) is 5.92. The lowest BCUT2D eigenvalue weighted by molar-refractivity contribution is 0.0767. The molecule has 1 saturated heterocycles. The number of rotatable bonds is 6. The van der Waals surface area contributed by atoms with E-state index in [1.807, 2.05) is 47.4 Å². The van der Waals surface area contributed by atoms with Crippen molar-refractivity contribution in [3.8, 4) is 6.07 Å². The molecule has 0 unspecified atom stereocenters. The smallest absolute Gasteiger partial charge is 0.256 e. The quantitative estimate of drug-likeness (QED) is 0.386. The lowest BCUT2D eigenvalue weighted by Crippen LogP contribution is -2.33. The van der Waals surface area contributed by atoms with Crippen LogP contribution in [0.15, 0.2) is 60.7 Å². The van der Waals surface area contributed by atoms with E-state index < -0.39 is 0 Å². The molecule has 0 saturated carbocycles. The van der Waals surface area contributed by atoms with E-state index in [2.05, 4.69) is 29.2 Å². The molecule has 2 aliphatic heterocycles. The van der Waals surface area contributed by atoms with Gasteiger partial charge in [0.15, 0.2) is 0 Å². The van der Waals surface area contributed by atoms with Gasteiger partial charge in [0.2, 0.25) is 0 Å². The van der Waals surface area contributed by atoms with Crippen LogP contribution < -0.4 is 0 Å². The summed E-state index contributed by atoms with van der Waals surface area (Å²) < 4.78 is 0.